The zero-order valence-electron chi connectivity index (χ0n) is 41.3. The van der Waals surface area contributed by atoms with Crippen LogP contribution in [0.2, 0.25) is 0 Å². The van der Waals surface area contributed by atoms with Crippen LogP contribution in [0.5, 0.6) is 0 Å². The number of para-hydroxylation sites is 4. The molecular formula is C70H50N4. The molecule has 0 N–H and O–H groups in total. The zero-order chi connectivity index (χ0) is 49.0. The van der Waals surface area contributed by atoms with Gasteiger partial charge in [-0.2, -0.15) is 0 Å². The Labute approximate surface area is 429 Å². The van der Waals surface area contributed by atoms with Crippen LogP contribution in [0.3, 0.4) is 0 Å². The van der Waals surface area contributed by atoms with E-state index in [0.29, 0.717) is 0 Å². The molecule has 4 aromatic heterocycles. The first-order chi connectivity index (χ1) is 36.7. The summed E-state index contributed by atoms with van der Waals surface area (Å²) in [6.45, 7) is 4.50. The SMILES string of the molecule is CCc1ccc(-c2ccccc2)c(N(c2ccccc2)c2ccc3c4cc5c(cc4n4c6ccccc6c2c34)c2ccc(N(c3ccccc3)c3cc(CC)ccc3-c3ccccc3)c3c4ccccc4n5c23)c1. The maximum atomic E-state index is 2.56. The summed E-state index contributed by atoms with van der Waals surface area (Å²) in [7, 11) is 0. The second-order valence-electron chi connectivity index (χ2n) is 19.8. The lowest BCUT2D eigenvalue weighted by atomic mass is 9.97. The van der Waals surface area contributed by atoms with Gasteiger partial charge in [0.15, 0.2) is 0 Å². The van der Waals surface area contributed by atoms with Crippen molar-refractivity contribution < 1.29 is 0 Å². The van der Waals surface area contributed by atoms with Crippen LogP contribution in [0, 0.1) is 0 Å². The van der Waals surface area contributed by atoms with E-state index >= 15 is 0 Å². The Kier molecular flexibility index (Phi) is 9.49. The fourth-order valence-electron chi connectivity index (χ4n) is 12.5. The monoisotopic (exact) mass is 946 g/mol. The highest BCUT2D eigenvalue weighted by molar-refractivity contribution is 6.32. The minimum Gasteiger partial charge on any atom is -0.309 e. The maximum absolute atomic E-state index is 2.56. The first-order valence-electron chi connectivity index (χ1n) is 26.1. The van der Waals surface area contributed by atoms with Crippen LogP contribution in [0.4, 0.5) is 34.1 Å². The molecule has 0 spiro atoms. The minimum atomic E-state index is 0.944. The van der Waals surface area contributed by atoms with E-state index in [1.54, 1.807) is 0 Å². The lowest BCUT2D eigenvalue weighted by Crippen LogP contribution is -2.12. The Balaban J connectivity index is 1.02. The van der Waals surface area contributed by atoms with Gasteiger partial charge in [-0.1, -0.05) is 184 Å². The van der Waals surface area contributed by atoms with E-state index < -0.39 is 0 Å². The normalized spacial score (nSPS) is 12.0. The molecule has 11 aromatic carbocycles. The van der Waals surface area contributed by atoms with Gasteiger partial charge in [0.05, 0.1) is 55.8 Å². The van der Waals surface area contributed by atoms with E-state index in [2.05, 4.69) is 275 Å². The Hall–Kier alpha value is -9.38. The number of aryl methyl sites for hydroxylation is 2. The largest absolute Gasteiger partial charge is 0.309 e. The van der Waals surface area contributed by atoms with E-state index in [0.717, 1.165) is 35.6 Å². The fourth-order valence-corrected chi connectivity index (χ4v) is 12.5. The summed E-state index contributed by atoms with van der Waals surface area (Å²) in [6.07, 6.45) is 1.89. The van der Waals surface area contributed by atoms with E-state index in [-0.39, 0.29) is 0 Å². The third-order valence-electron chi connectivity index (χ3n) is 15.9. The molecule has 0 unspecified atom stereocenters. The smallest absolute Gasteiger partial charge is 0.0641 e. The van der Waals surface area contributed by atoms with Crippen LogP contribution in [-0.4, -0.2) is 8.80 Å². The summed E-state index contributed by atoms with van der Waals surface area (Å²) in [4.78, 5) is 5.02. The molecule has 0 fully saturated rings. The van der Waals surface area contributed by atoms with E-state index in [4.69, 9.17) is 0 Å². The molecule has 4 heterocycles. The topological polar surface area (TPSA) is 15.3 Å². The van der Waals surface area contributed by atoms with E-state index in [1.807, 2.05) is 0 Å². The van der Waals surface area contributed by atoms with Crippen molar-refractivity contribution in [3.8, 4) is 22.3 Å². The number of anilines is 6. The Bertz CT molecular complexity index is 4310. The fraction of sp³-hybridized carbons (Fsp3) is 0.0571. The standard InChI is InChI=1S/C70H50N4/c1-3-45-33-35-51(47-21-9-5-10-22-47)63(41-45)71(49-25-13-7-14-26-49)61-39-37-53-57-43-66-58(44-65(57)73-59-31-19-17-29-55(59)67(61)69(53)73)54-38-40-62(68-56-30-18-20-32-60(56)74(66)70(54)68)72(50-27-15-8-16-28-50)64-42-46(4-2)34-36-52(64)48-23-11-6-12-24-48/h5-44H,3-4H2,1-2H3. The van der Waals surface area contributed by atoms with Crippen molar-refractivity contribution in [1.29, 1.82) is 0 Å². The van der Waals surface area contributed by atoms with Gasteiger partial charge in [0.2, 0.25) is 0 Å². The van der Waals surface area contributed by atoms with Gasteiger partial charge in [-0.15, -0.1) is 0 Å². The number of hydrogen-bond acceptors (Lipinski definition) is 2. The van der Waals surface area contributed by atoms with Gasteiger partial charge in [0.1, 0.15) is 0 Å². The predicted octanol–water partition coefficient (Wildman–Crippen LogP) is 19.4. The minimum absolute atomic E-state index is 0.944. The van der Waals surface area contributed by atoms with Gasteiger partial charge in [-0.25, -0.2) is 0 Å². The summed E-state index contributed by atoms with van der Waals surface area (Å²) in [6, 6.07) is 90.2. The van der Waals surface area contributed by atoms with Crippen molar-refractivity contribution in [1.82, 2.24) is 8.80 Å². The summed E-state index contributed by atoms with van der Waals surface area (Å²) in [5.74, 6) is 0. The zero-order valence-corrected chi connectivity index (χ0v) is 41.3. The lowest BCUT2D eigenvalue weighted by Gasteiger charge is -2.29. The van der Waals surface area contributed by atoms with Crippen LogP contribution in [0.15, 0.2) is 243 Å². The second kappa shape index (κ2) is 16.6. The Morgan fingerprint density at radius 1 is 0.297 bits per heavy atom. The van der Waals surface area contributed by atoms with Crippen molar-refractivity contribution in [3.05, 3.63) is 254 Å². The highest BCUT2D eigenvalue weighted by Crippen LogP contribution is 2.53. The van der Waals surface area contributed by atoms with E-state index in [1.165, 1.54) is 121 Å². The number of fused-ring (bicyclic) bond motifs is 12. The first kappa shape index (κ1) is 42.3. The summed E-state index contributed by atoms with van der Waals surface area (Å²) in [5, 5.41) is 9.98. The summed E-state index contributed by atoms with van der Waals surface area (Å²) in [5.41, 5.74) is 21.7. The molecule has 0 aliphatic rings. The molecule has 0 amide bonds. The molecule has 15 rings (SSSR count). The van der Waals surface area contributed by atoms with Gasteiger partial charge in [0.25, 0.3) is 0 Å². The van der Waals surface area contributed by atoms with Crippen molar-refractivity contribution >= 4 is 110 Å². The molecule has 0 saturated heterocycles. The van der Waals surface area contributed by atoms with Crippen molar-refractivity contribution in [2.45, 2.75) is 26.7 Å². The molecule has 15 aromatic rings. The molecule has 0 aliphatic carbocycles. The van der Waals surface area contributed by atoms with Crippen LogP contribution < -0.4 is 9.80 Å². The van der Waals surface area contributed by atoms with Crippen molar-refractivity contribution in [2.24, 2.45) is 0 Å². The maximum Gasteiger partial charge on any atom is 0.0641 e. The first-order valence-corrected chi connectivity index (χ1v) is 26.1. The predicted molar refractivity (Wildman–Crippen MR) is 315 cm³/mol. The number of rotatable bonds is 10. The van der Waals surface area contributed by atoms with Crippen LogP contribution in [0.25, 0.3) is 98.4 Å². The molecule has 0 saturated carbocycles. The quantitative estimate of drug-likeness (QED) is 0.136. The number of aromatic nitrogens is 2. The van der Waals surface area contributed by atoms with Gasteiger partial charge in [0, 0.05) is 65.6 Å². The molecule has 350 valence electrons. The molecule has 74 heavy (non-hydrogen) atoms. The molecule has 0 bridgehead atoms. The highest BCUT2D eigenvalue weighted by Gasteiger charge is 2.29. The number of hydrogen-bond donors (Lipinski definition) is 0. The average Bonchev–Trinajstić information content (AvgIpc) is 4.22. The molecular weight excluding hydrogens is 897 g/mol. The third-order valence-corrected chi connectivity index (χ3v) is 15.9. The molecule has 0 radical (unpaired) electrons. The Morgan fingerprint density at radius 2 is 0.676 bits per heavy atom. The molecule has 4 nitrogen and oxygen atoms in total. The van der Waals surface area contributed by atoms with Gasteiger partial charge in [-0.3, -0.25) is 0 Å². The molecule has 0 aliphatic heterocycles. The van der Waals surface area contributed by atoms with Crippen LogP contribution >= 0.6 is 0 Å². The number of benzene rings is 11. The van der Waals surface area contributed by atoms with Crippen molar-refractivity contribution in [3.63, 3.8) is 0 Å². The van der Waals surface area contributed by atoms with Crippen molar-refractivity contribution in [2.75, 3.05) is 9.80 Å². The number of nitrogens with zero attached hydrogens (tertiary/aromatic N) is 4. The van der Waals surface area contributed by atoms with Gasteiger partial charge in [-0.05, 0) is 108 Å². The van der Waals surface area contributed by atoms with Crippen LogP contribution in [0.1, 0.15) is 25.0 Å². The second-order valence-corrected chi connectivity index (χ2v) is 19.8. The third kappa shape index (κ3) is 6.15. The van der Waals surface area contributed by atoms with Gasteiger partial charge < -0.3 is 18.6 Å². The summed E-state index contributed by atoms with van der Waals surface area (Å²) >= 11 is 0. The van der Waals surface area contributed by atoms with E-state index in [9.17, 15) is 0 Å². The molecule has 0 atom stereocenters. The molecule has 4 heteroatoms. The highest BCUT2D eigenvalue weighted by atomic mass is 15.2. The van der Waals surface area contributed by atoms with Gasteiger partial charge >= 0.3 is 0 Å². The lowest BCUT2D eigenvalue weighted by molar-refractivity contribution is 1.13. The van der Waals surface area contributed by atoms with Crippen LogP contribution in [-0.2, 0) is 12.8 Å². The summed E-state index contributed by atoms with van der Waals surface area (Å²) < 4.78 is 5.12. The Morgan fingerprint density at radius 3 is 1.08 bits per heavy atom. The average molecular weight is 947 g/mol.